The van der Waals surface area contributed by atoms with Crippen LogP contribution in [0.2, 0.25) is 0 Å². The number of nitrogens with zero attached hydrogens (tertiary/aromatic N) is 1. The van der Waals surface area contributed by atoms with E-state index in [9.17, 15) is 8.42 Å². The summed E-state index contributed by atoms with van der Waals surface area (Å²) in [6.07, 6.45) is 3.25. The van der Waals surface area contributed by atoms with Crippen molar-refractivity contribution < 1.29 is 8.42 Å². The number of hydrogen-bond donors (Lipinski definition) is 2. The van der Waals surface area contributed by atoms with Crippen molar-refractivity contribution in [3.8, 4) is 0 Å². The molecular formula is C14H23N3O2S. The second-order valence-corrected chi connectivity index (χ2v) is 7.06. The van der Waals surface area contributed by atoms with Gasteiger partial charge in [-0.1, -0.05) is 12.1 Å². The molecule has 0 aliphatic carbocycles. The Morgan fingerprint density at radius 2 is 2.15 bits per heavy atom. The van der Waals surface area contributed by atoms with Crippen LogP contribution >= 0.6 is 0 Å². The molecule has 1 heterocycles. The van der Waals surface area contributed by atoms with Crippen molar-refractivity contribution in [2.75, 3.05) is 31.6 Å². The molecule has 112 valence electrons. The van der Waals surface area contributed by atoms with Gasteiger partial charge in [-0.05, 0) is 50.9 Å². The minimum Gasteiger partial charge on any atom is -0.370 e. The van der Waals surface area contributed by atoms with Crippen LogP contribution in [0, 0.1) is 5.92 Å². The van der Waals surface area contributed by atoms with E-state index < -0.39 is 10.0 Å². The maximum absolute atomic E-state index is 12.1. The van der Waals surface area contributed by atoms with E-state index >= 15 is 0 Å². The van der Waals surface area contributed by atoms with Crippen LogP contribution in [-0.2, 0) is 10.0 Å². The molecule has 0 bridgehead atoms. The maximum atomic E-state index is 12.1. The van der Waals surface area contributed by atoms with Crippen molar-refractivity contribution in [3.05, 3.63) is 24.3 Å². The molecule has 1 fully saturated rings. The fraction of sp³-hybridized carbons (Fsp3) is 0.571. The molecule has 6 heteroatoms. The number of para-hydroxylation sites is 1. The SMILES string of the molecule is CNS(=O)(=O)c1ccccc1N1CCCC(CCN)C1. The van der Waals surface area contributed by atoms with Crippen molar-refractivity contribution in [3.63, 3.8) is 0 Å². The second kappa shape index (κ2) is 6.56. The first-order valence-electron chi connectivity index (χ1n) is 7.06. The van der Waals surface area contributed by atoms with Crippen LogP contribution in [0.5, 0.6) is 0 Å². The molecule has 1 aliphatic rings. The number of nitrogens with two attached hydrogens (primary N) is 1. The van der Waals surface area contributed by atoms with Gasteiger partial charge < -0.3 is 10.6 Å². The van der Waals surface area contributed by atoms with Crippen LogP contribution < -0.4 is 15.4 Å². The van der Waals surface area contributed by atoms with Crippen LogP contribution in [0.4, 0.5) is 5.69 Å². The predicted molar refractivity (Wildman–Crippen MR) is 81.3 cm³/mol. The summed E-state index contributed by atoms with van der Waals surface area (Å²) in [6, 6.07) is 7.19. The molecule has 3 N–H and O–H groups in total. The number of benzene rings is 1. The Morgan fingerprint density at radius 1 is 1.40 bits per heavy atom. The molecule has 1 aliphatic heterocycles. The lowest BCUT2D eigenvalue weighted by molar-refractivity contribution is 0.395. The zero-order chi connectivity index (χ0) is 14.6. The minimum atomic E-state index is -3.42. The molecule has 1 aromatic rings. The first kappa shape index (κ1) is 15.3. The van der Waals surface area contributed by atoms with Gasteiger partial charge in [0.05, 0.1) is 5.69 Å². The number of sulfonamides is 1. The second-order valence-electron chi connectivity index (χ2n) is 5.21. The quantitative estimate of drug-likeness (QED) is 0.855. The standard InChI is InChI=1S/C14H23N3O2S/c1-16-20(18,19)14-7-3-2-6-13(14)17-10-4-5-12(11-17)8-9-15/h2-3,6-7,12,16H,4-5,8-11,15H2,1H3. The highest BCUT2D eigenvalue weighted by atomic mass is 32.2. The highest BCUT2D eigenvalue weighted by Crippen LogP contribution is 2.29. The average molecular weight is 297 g/mol. The van der Waals surface area contributed by atoms with E-state index in [4.69, 9.17) is 5.73 Å². The summed E-state index contributed by atoms with van der Waals surface area (Å²) in [4.78, 5) is 2.53. The third kappa shape index (κ3) is 3.31. The molecule has 2 rings (SSSR count). The van der Waals surface area contributed by atoms with Crippen LogP contribution in [0.25, 0.3) is 0 Å². The van der Waals surface area contributed by atoms with Crippen molar-refractivity contribution >= 4 is 15.7 Å². The van der Waals surface area contributed by atoms with Gasteiger partial charge in [0, 0.05) is 13.1 Å². The van der Waals surface area contributed by atoms with E-state index in [0.717, 1.165) is 31.6 Å². The Kier molecular flexibility index (Phi) is 5.01. The van der Waals surface area contributed by atoms with Crippen LogP contribution in [-0.4, -0.2) is 35.1 Å². The molecule has 1 unspecified atom stereocenters. The van der Waals surface area contributed by atoms with Gasteiger partial charge in [0.2, 0.25) is 10.0 Å². The summed E-state index contributed by atoms with van der Waals surface area (Å²) in [5.41, 5.74) is 6.43. The highest BCUT2D eigenvalue weighted by molar-refractivity contribution is 7.89. The summed E-state index contributed by atoms with van der Waals surface area (Å²) < 4.78 is 26.6. The predicted octanol–water partition coefficient (Wildman–Crippen LogP) is 1.16. The lowest BCUT2D eigenvalue weighted by atomic mass is 9.94. The van der Waals surface area contributed by atoms with Crippen molar-refractivity contribution in [1.29, 1.82) is 0 Å². The Bertz CT molecular complexity index is 543. The summed E-state index contributed by atoms with van der Waals surface area (Å²) in [5, 5.41) is 0. The zero-order valence-electron chi connectivity index (χ0n) is 11.9. The third-order valence-electron chi connectivity index (χ3n) is 3.86. The van der Waals surface area contributed by atoms with Gasteiger partial charge in [-0.25, -0.2) is 13.1 Å². The first-order chi connectivity index (χ1) is 9.58. The topological polar surface area (TPSA) is 75.4 Å². The van der Waals surface area contributed by atoms with Crippen molar-refractivity contribution in [2.24, 2.45) is 11.7 Å². The molecule has 5 nitrogen and oxygen atoms in total. The Morgan fingerprint density at radius 3 is 2.85 bits per heavy atom. The monoisotopic (exact) mass is 297 g/mol. The fourth-order valence-electron chi connectivity index (χ4n) is 2.81. The van der Waals surface area contributed by atoms with Gasteiger partial charge in [-0.2, -0.15) is 0 Å². The number of hydrogen-bond acceptors (Lipinski definition) is 4. The lowest BCUT2D eigenvalue weighted by Gasteiger charge is -2.35. The van der Waals surface area contributed by atoms with E-state index in [0.29, 0.717) is 17.4 Å². The summed E-state index contributed by atoms with van der Waals surface area (Å²) in [7, 11) is -1.98. The van der Waals surface area contributed by atoms with Gasteiger partial charge in [0.25, 0.3) is 0 Å². The van der Waals surface area contributed by atoms with Gasteiger partial charge >= 0.3 is 0 Å². The number of rotatable bonds is 5. The molecule has 0 spiro atoms. The van der Waals surface area contributed by atoms with E-state index in [-0.39, 0.29) is 0 Å². The lowest BCUT2D eigenvalue weighted by Crippen LogP contribution is -2.37. The largest absolute Gasteiger partial charge is 0.370 e. The minimum absolute atomic E-state index is 0.357. The Labute approximate surface area is 121 Å². The zero-order valence-corrected chi connectivity index (χ0v) is 12.7. The van der Waals surface area contributed by atoms with Crippen LogP contribution in [0.3, 0.4) is 0 Å². The summed E-state index contributed by atoms with van der Waals surface area (Å²) in [6.45, 7) is 2.47. The maximum Gasteiger partial charge on any atom is 0.242 e. The normalized spacial score (nSPS) is 20.1. The van der Waals surface area contributed by atoms with Crippen molar-refractivity contribution in [1.82, 2.24) is 4.72 Å². The van der Waals surface area contributed by atoms with E-state index in [1.54, 1.807) is 12.1 Å². The molecule has 1 atom stereocenters. The highest BCUT2D eigenvalue weighted by Gasteiger charge is 2.24. The molecular weight excluding hydrogens is 274 g/mol. The fourth-order valence-corrected chi connectivity index (χ4v) is 3.76. The van der Waals surface area contributed by atoms with E-state index in [1.165, 1.54) is 13.5 Å². The smallest absolute Gasteiger partial charge is 0.242 e. The number of nitrogens with one attached hydrogen (secondary N) is 1. The molecule has 0 saturated carbocycles. The molecule has 1 aromatic carbocycles. The van der Waals surface area contributed by atoms with Gasteiger partial charge in [-0.3, -0.25) is 0 Å². The Hall–Kier alpha value is -1.11. The van der Waals surface area contributed by atoms with Gasteiger partial charge in [0.1, 0.15) is 4.90 Å². The Balaban J connectivity index is 2.29. The number of piperidine rings is 1. The third-order valence-corrected chi connectivity index (χ3v) is 5.32. The molecule has 1 saturated heterocycles. The average Bonchev–Trinajstić information content (AvgIpc) is 2.48. The van der Waals surface area contributed by atoms with Gasteiger partial charge in [0.15, 0.2) is 0 Å². The van der Waals surface area contributed by atoms with Gasteiger partial charge in [-0.15, -0.1) is 0 Å². The first-order valence-corrected chi connectivity index (χ1v) is 8.54. The van der Waals surface area contributed by atoms with E-state index in [2.05, 4.69) is 9.62 Å². The molecule has 0 amide bonds. The van der Waals surface area contributed by atoms with Crippen LogP contribution in [0.1, 0.15) is 19.3 Å². The molecule has 0 radical (unpaired) electrons. The summed E-state index contributed by atoms with van der Waals surface area (Å²) >= 11 is 0. The number of anilines is 1. The summed E-state index contributed by atoms with van der Waals surface area (Å²) in [5.74, 6) is 0.555. The van der Waals surface area contributed by atoms with Crippen LogP contribution in [0.15, 0.2) is 29.2 Å². The van der Waals surface area contributed by atoms with Crippen molar-refractivity contribution in [2.45, 2.75) is 24.2 Å². The molecule has 20 heavy (non-hydrogen) atoms. The van der Waals surface area contributed by atoms with E-state index in [1.807, 2.05) is 12.1 Å². The molecule has 0 aromatic heterocycles.